The average molecular weight is 288 g/mol. The molecule has 0 saturated carbocycles. The predicted molar refractivity (Wildman–Crippen MR) is 85.9 cm³/mol. The maximum atomic E-state index is 11.6. The van der Waals surface area contributed by atoms with Gasteiger partial charge in [-0.1, -0.05) is 0 Å². The lowest BCUT2D eigenvalue weighted by molar-refractivity contribution is -0.122. The summed E-state index contributed by atoms with van der Waals surface area (Å²) < 4.78 is 0. The molecular weight excluding hydrogens is 264 g/mol. The van der Waals surface area contributed by atoms with Crippen LogP contribution in [0.3, 0.4) is 0 Å². The largest absolute Gasteiger partial charge is 0.375 e. The lowest BCUT2D eigenvalue weighted by atomic mass is 10.1. The van der Waals surface area contributed by atoms with Gasteiger partial charge < -0.3 is 10.2 Å². The summed E-state index contributed by atoms with van der Waals surface area (Å²) in [5.74, 6) is 0.0120. The normalized spacial score (nSPS) is 16.4. The fourth-order valence-electron chi connectivity index (χ4n) is 2.71. The molecule has 1 unspecified atom stereocenters. The molecule has 1 aliphatic rings. The Kier molecular flexibility index (Phi) is 5.37. The van der Waals surface area contributed by atoms with Gasteiger partial charge in [0.25, 0.3) is 0 Å². The first-order valence-corrected chi connectivity index (χ1v) is 7.67. The summed E-state index contributed by atoms with van der Waals surface area (Å²) in [7, 11) is 0. The van der Waals surface area contributed by atoms with Crippen molar-refractivity contribution in [1.82, 2.24) is 0 Å². The smallest absolute Gasteiger partial charge is 0.152 e. The molecule has 1 aliphatic heterocycles. The lowest BCUT2D eigenvalue weighted by Crippen LogP contribution is -2.30. The Bertz CT molecular complexity index is 490. The second-order valence-electron chi connectivity index (χ2n) is 5.81. The first-order valence-electron chi connectivity index (χ1n) is 7.67. The molecule has 0 aromatic heterocycles. The van der Waals surface area contributed by atoms with Crippen LogP contribution in [0.4, 0.5) is 11.4 Å². The molecular formula is C17H24N2O2. The average Bonchev–Trinajstić information content (AvgIpc) is 2.48. The monoisotopic (exact) mass is 288 g/mol. The number of hydrogen-bond acceptors (Lipinski definition) is 4. The minimum atomic E-state index is -0.427. The van der Waals surface area contributed by atoms with Gasteiger partial charge in [0, 0.05) is 30.9 Å². The first kappa shape index (κ1) is 15.5. The first-order chi connectivity index (χ1) is 10.1. The zero-order chi connectivity index (χ0) is 15.2. The summed E-state index contributed by atoms with van der Waals surface area (Å²) in [4.78, 5) is 25.2. The van der Waals surface area contributed by atoms with E-state index in [1.165, 1.54) is 38.8 Å². The van der Waals surface area contributed by atoms with Crippen molar-refractivity contribution in [3.05, 3.63) is 24.3 Å². The number of nitrogens with one attached hydrogen (secondary N) is 1. The van der Waals surface area contributed by atoms with Gasteiger partial charge in [0.1, 0.15) is 5.78 Å². The van der Waals surface area contributed by atoms with Crippen molar-refractivity contribution in [2.75, 3.05) is 23.3 Å². The molecule has 0 amide bonds. The van der Waals surface area contributed by atoms with E-state index < -0.39 is 6.04 Å². The molecule has 0 aliphatic carbocycles. The molecule has 114 valence electrons. The maximum absolute atomic E-state index is 11.6. The number of anilines is 2. The van der Waals surface area contributed by atoms with Gasteiger partial charge in [0.05, 0.1) is 6.04 Å². The molecule has 1 aromatic rings. The number of nitrogens with zero attached hydrogens (tertiary/aromatic N) is 1. The Balaban J connectivity index is 2.00. The van der Waals surface area contributed by atoms with Crippen molar-refractivity contribution >= 4 is 22.9 Å². The van der Waals surface area contributed by atoms with Gasteiger partial charge >= 0.3 is 0 Å². The van der Waals surface area contributed by atoms with Gasteiger partial charge in [-0.3, -0.25) is 9.59 Å². The molecule has 21 heavy (non-hydrogen) atoms. The molecule has 1 atom stereocenters. The van der Waals surface area contributed by atoms with Crippen molar-refractivity contribution in [3.63, 3.8) is 0 Å². The van der Waals surface area contributed by atoms with Gasteiger partial charge in [0.15, 0.2) is 5.78 Å². The van der Waals surface area contributed by atoms with Gasteiger partial charge in [-0.15, -0.1) is 0 Å². The molecule has 1 N–H and O–H groups in total. The zero-order valence-corrected chi connectivity index (χ0v) is 12.9. The molecule has 0 bridgehead atoms. The maximum Gasteiger partial charge on any atom is 0.152 e. The van der Waals surface area contributed by atoms with E-state index in [0.717, 1.165) is 18.8 Å². The number of hydrogen-bond donors (Lipinski definition) is 1. The van der Waals surface area contributed by atoms with Crippen LogP contribution in [0.15, 0.2) is 24.3 Å². The van der Waals surface area contributed by atoms with Gasteiger partial charge in [0.2, 0.25) is 0 Å². The van der Waals surface area contributed by atoms with Gasteiger partial charge in [-0.2, -0.15) is 0 Å². The van der Waals surface area contributed by atoms with Crippen LogP contribution in [0.1, 0.15) is 39.5 Å². The number of Topliss-reactive ketones (excluding diaryl/α,β-unsaturated/α-hetero) is 2. The SMILES string of the molecule is CC(=O)CC(Nc1ccc(N2CCCCC2)cc1)C(C)=O. The van der Waals surface area contributed by atoms with Crippen molar-refractivity contribution < 1.29 is 9.59 Å². The molecule has 1 aromatic carbocycles. The van der Waals surface area contributed by atoms with Crippen LogP contribution in [0.25, 0.3) is 0 Å². The van der Waals surface area contributed by atoms with E-state index in [9.17, 15) is 9.59 Å². The summed E-state index contributed by atoms with van der Waals surface area (Å²) in [5, 5.41) is 3.15. The highest BCUT2D eigenvalue weighted by atomic mass is 16.1. The van der Waals surface area contributed by atoms with Crippen LogP contribution in [-0.4, -0.2) is 30.7 Å². The summed E-state index contributed by atoms with van der Waals surface area (Å²) in [6.45, 7) is 5.26. The Hall–Kier alpha value is -1.84. The lowest BCUT2D eigenvalue weighted by Gasteiger charge is -2.29. The second kappa shape index (κ2) is 7.25. The number of carbonyl (C=O) groups is 2. The van der Waals surface area contributed by atoms with Crippen LogP contribution in [0.5, 0.6) is 0 Å². The van der Waals surface area contributed by atoms with E-state index in [-0.39, 0.29) is 18.0 Å². The van der Waals surface area contributed by atoms with E-state index in [0.29, 0.717) is 0 Å². The molecule has 4 heteroatoms. The second-order valence-corrected chi connectivity index (χ2v) is 5.81. The molecule has 0 radical (unpaired) electrons. The van der Waals surface area contributed by atoms with Crippen LogP contribution in [0.2, 0.25) is 0 Å². The van der Waals surface area contributed by atoms with Gasteiger partial charge in [-0.25, -0.2) is 0 Å². The third-order valence-electron chi connectivity index (χ3n) is 3.91. The summed E-state index contributed by atoms with van der Waals surface area (Å²) in [5.41, 5.74) is 2.11. The van der Waals surface area contributed by atoms with Gasteiger partial charge in [-0.05, 0) is 57.4 Å². The Morgan fingerprint density at radius 1 is 1.10 bits per heavy atom. The summed E-state index contributed by atoms with van der Waals surface area (Å²) >= 11 is 0. The van der Waals surface area contributed by atoms with Crippen LogP contribution < -0.4 is 10.2 Å². The molecule has 1 saturated heterocycles. The third-order valence-corrected chi connectivity index (χ3v) is 3.91. The molecule has 2 rings (SSSR count). The Morgan fingerprint density at radius 3 is 2.24 bits per heavy atom. The summed E-state index contributed by atoms with van der Waals surface area (Å²) in [6, 6.07) is 7.71. The van der Waals surface area contributed by atoms with E-state index in [4.69, 9.17) is 0 Å². The minimum Gasteiger partial charge on any atom is -0.375 e. The highest BCUT2D eigenvalue weighted by Gasteiger charge is 2.16. The molecule has 1 fully saturated rings. The fourth-order valence-corrected chi connectivity index (χ4v) is 2.71. The van der Waals surface area contributed by atoms with Crippen molar-refractivity contribution in [2.45, 2.75) is 45.6 Å². The molecule has 1 heterocycles. The Morgan fingerprint density at radius 2 is 1.71 bits per heavy atom. The van der Waals surface area contributed by atoms with Crippen LogP contribution >= 0.6 is 0 Å². The number of rotatable bonds is 6. The Labute approximate surface area is 126 Å². The molecule has 4 nitrogen and oxygen atoms in total. The van der Waals surface area contributed by atoms with E-state index >= 15 is 0 Å². The topological polar surface area (TPSA) is 49.4 Å². The zero-order valence-electron chi connectivity index (χ0n) is 12.9. The highest BCUT2D eigenvalue weighted by molar-refractivity contribution is 5.90. The van der Waals surface area contributed by atoms with E-state index in [1.54, 1.807) is 0 Å². The number of carbonyl (C=O) groups excluding carboxylic acids is 2. The van der Waals surface area contributed by atoms with Crippen molar-refractivity contribution in [3.8, 4) is 0 Å². The predicted octanol–water partition coefficient (Wildman–Crippen LogP) is 3.03. The van der Waals surface area contributed by atoms with E-state index in [1.807, 2.05) is 12.1 Å². The number of ketones is 2. The van der Waals surface area contributed by atoms with Crippen molar-refractivity contribution in [2.24, 2.45) is 0 Å². The number of piperidine rings is 1. The molecule has 0 spiro atoms. The fraction of sp³-hybridized carbons (Fsp3) is 0.529. The summed E-state index contributed by atoms with van der Waals surface area (Å²) in [6.07, 6.45) is 4.07. The number of benzene rings is 1. The highest BCUT2D eigenvalue weighted by Crippen LogP contribution is 2.22. The van der Waals surface area contributed by atoms with Crippen molar-refractivity contribution in [1.29, 1.82) is 0 Å². The quantitative estimate of drug-likeness (QED) is 0.874. The van der Waals surface area contributed by atoms with Crippen LogP contribution in [-0.2, 0) is 9.59 Å². The third kappa shape index (κ3) is 4.59. The van der Waals surface area contributed by atoms with Crippen LogP contribution in [0, 0.1) is 0 Å². The standard InChI is InChI=1S/C17H24N2O2/c1-13(20)12-17(14(2)21)18-15-6-8-16(9-7-15)19-10-4-3-5-11-19/h6-9,17-18H,3-5,10-12H2,1-2H3. The minimum absolute atomic E-state index is 0.00897. The van der Waals surface area contributed by atoms with E-state index in [2.05, 4.69) is 22.3 Å².